The number of hydrogen-bond donors (Lipinski definition) is 0. The maximum absolute atomic E-state index is 13.4. The Labute approximate surface area is 195 Å². The Bertz CT molecular complexity index is 1110. The number of fused-ring (bicyclic) bond motifs is 1. The molecule has 2 aromatic rings. The first kappa shape index (κ1) is 22.0. The van der Waals surface area contributed by atoms with Gasteiger partial charge in [0, 0.05) is 29.1 Å². The summed E-state index contributed by atoms with van der Waals surface area (Å²) in [7, 11) is 1.96. The molecule has 0 N–H and O–H groups in total. The van der Waals surface area contributed by atoms with E-state index in [2.05, 4.69) is 6.92 Å². The number of nitrogens with zero attached hydrogens (tertiary/aromatic N) is 3. The van der Waals surface area contributed by atoms with Crippen LogP contribution in [0.15, 0.2) is 62.3 Å². The minimum atomic E-state index is -0.0224. The van der Waals surface area contributed by atoms with Crippen LogP contribution >= 0.6 is 35.1 Å². The summed E-state index contributed by atoms with van der Waals surface area (Å²) >= 11 is 9.16. The minimum Gasteiger partial charge on any atom is -0.337 e. The molecule has 0 spiro atoms. The summed E-state index contributed by atoms with van der Waals surface area (Å²) < 4.78 is 0. The number of unbranched alkanes of at least 4 members (excludes halogenated alkanes) is 1. The molecule has 0 aliphatic carbocycles. The number of amides is 1. The third-order valence-corrected chi connectivity index (χ3v) is 7.75. The van der Waals surface area contributed by atoms with Crippen molar-refractivity contribution >= 4 is 63.4 Å². The van der Waals surface area contributed by atoms with Crippen molar-refractivity contribution in [3.63, 3.8) is 0 Å². The highest BCUT2D eigenvalue weighted by Gasteiger charge is 2.38. The smallest absolute Gasteiger partial charge is 0.269 e. The Morgan fingerprint density at radius 1 is 1.13 bits per heavy atom. The second kappa shape index (κ2) is 9.10. The quantitative estimate of drug-likeness (QED) is 0.377. The molecule has 2 aliphatic rings. The van der Waals surface area contributed by atoms with E-state index in [0.717, 1.165) is 34.1 Å². The van der Waals surface area contributed by atoms with E-state index in [1.54, 1.807) is 28.8 Å². The lowest BCUT2D eigenvalue weighted by atomic mass is 10.1. The van der Waals surface area contributed by atoms with Crippen LogP contribution in [0.4, 0.5) is 11.4 Å². The summed E-state index contributed by atoms with van der Waals surface area (Å²) in [5.41, 5.74) is 2.36. The standard InChI is InChI=1S/C23H22ClN3O2S2/c1-4-5-12-27-21(29)20(22-26(3)18-13-16(24)8-11-19(18)30-22)31-23(27)25-17-9-6-15(7-10-17)14(2)28/h6-11,13H,4-5,12H2,1-3H3. The molecule has 8 heteroatoms. The van der Waals surface area contributed by atoms with Crippen molar-refractivity contribution in [3.8, 4) is 0 Å². The van der Waals surface area contributed by atoms with Crippen LogP contribution in [0.1, 0.15) is 37.0 Å². The van der Waals surface area contributed by atoms with E-state index < -0.39 is 0 Å². The molecule has 1 fully saturated rings. The van der Waals surface area contributed by atoms with Crippen molar-refractivity contribution in [2.75, 3.05) is 18.5 Å². The zero-order valence-electron chi connectivity index (χ0n) is 17.5. The van der Waals surface area contributed by atoms with E-state index in [4.69, 9.17) is 16.6 Å². The van der Waals surface area contributed by atoms with Gasteiger partial charge in [-0.3, -0.25) is 14.5 Å². The Hall–Kier alpha value is -2.22. The number of halogens is 1. The van der Waals surface area contributed by atoms with Gasteiger partial charge in [-0.25, -0.2) is 4.99 Å². The minimum absolute atomic E-state index is 0.0159. The van der Waals surface area contributed by atoms with Crippen LogP contribution in [0.2, 0.25) is 5.02 Å². The second-order valence-corrected chi connectivity index (χ2v) is 9.76. The number of amidine groups is 1. The van der Waals surface area contributed by atoms with E-state index in [1.807, 2.05) is 42.3 Å². The summed E-state index contributed by atoms with van der Waals surface area (Å²) in [6.45, 7) is 4.26. The van der Waals surface area contributed by atoms with Gasteiger partial charge in [0.25, 0.3) is 5.91 Å². The van der Waals surface area contributed by atoms with Crippen molar-refractivity contribution in [1.82, 2.24) is 4.90 Å². The third kappa shape index (κ3) is 4.40. The molecule has 0 bridgehead atoms. The van der Waals surface area contributed by atoms with Crippen LogP contribution in [-0.2, 0) is 4.79 Å². The van der Waals surface area contributed by atoms with Gasteiger partial charge in [-0.15, -0.1) is 0 Å². The lowest BCUT2D eigenvalue weighted by Crippen LogP contribution is -2.30. The molecule has 0 atom stereocenters. The molecule has 31 heavy (non-hydrogen) atoms. The first-order chi connectivity index (χ1) is 14.9. The average molecular weight is 472 g/mol. The zero-order chi connectivity index (χ0) is 22.1. The van der Waals surface area contributed by atoms with Crippen molar-refractivity contribution in [1.29, 1.82) is 0 Å². The van der Waals surface area contributed by atoms with Crippen LogP contribution in [0.5, 0.6) is 0 Å². The fourth-order valence-corrected chi connectivity index (χ4v) is 5.85. The summed E-state index contributed by atoms with van der Waals surface area (Å²) in [4.78, 5) is 35.2. The molecule has 0 unspecified atom stereocenters. The summed E-state index contributed by atoms with van der Waals surface area (Å²) in [6, 6.07) is 12.9. The van der Waals surface area contributed by atoms with Gasteiger partial charge in [0.05, 0.1) is 16.4 Å². The molecule has 0 radical (unpaired) electrons. The maximum atomic E-state index is 13.4. The lowest BCUT2D eigenvalue weighted by molar-refractivity contribution is -0.122. The van der Waals surface area contributed by atoms with Gasteiger partial charge in [-0.05, 0) is 67.6 Å². The van der Waals surface area contributed by atoms with Gasteiger partial charge in [0.1, 0.15) is 4.91 Å². The van der Waals surface area contributed by atoms with Crippen molar-refractivity contribution in [3.05, 3.63) is 63.0 Å². The Morgan fingerprint density at radius 3 is 2.55 bits per heavy atom. The summed E-state index contributed by atoms with van der Waals surface area (Å²) in [5, 5.41) is 2.23. The fourth-order valence-electron chi connectivity index (χ4n) is 3.33. The predicted molar refractivity (Wildman–Crippen MR) is 130 cm³/mol. The molecule has 5 nitrogen and oxygen atoms in total. The first-order valence-corrected chi connectivity index (χ1v) is 12.0. The predicted octanol–water partition coefficient (Wildman–Crippen LogP) is 6.32. The van der Waals surface area contributed by atoms with Crippen LogP contribution in [0, 0.1) is 0 Å². The molecule has 1 saturated heterocycles. The first-order valence-electron chi connectivity index (χ1n) is 10.0. The van der Waals surface area contributed by atoms with Crippen LogP contribution < -0.4 is 4.90 Å². The summed E-state index contributed by atoms with van der Waals surface area (Å²) in [6.07, 6.45) is 1.88. The number of Topliss-reactive ketones (excluding diaryl/α,β-unsaturated/α-hetero) is 1. The van der Waals surface area contributed by atoms with Crippen LogP contribution in [-0.4, -0.2) is 35.4 Å². The molecule has 2 heterocycles. The van der Waals surface area contributed by atoms with Crippen molar-refractivity contribution < 1.29 is 9.59 Å². The molecule has 2 aliphatic heterocycles. The van der Waals surface area contributed by atoms with E-state index in [-0.39, 0.29) is 11.7 Å². The van der Waals surface area contributed by atoms with Gasteiger partial charge < -0.3 is 4.90 Å². The topological polar surface area (TPSA) is 53.0 Å². The van der Waals surface area contributed by atoms with Crippen molar-refractivity contribution in [2.45, 2.75) is 31.6 Å². The maximum Gasteiger partial charge on any atom is 0.269 e. The average Bonchev–Trinajstić information content (AvgIpc) is 3.23. The Balaban J connectivity index is 1.69. The monoisotopic (exact) mass is 471 g/mol. The number of anilines is 1. The van der Waals surface area contributed by atoms with E-state index in [1.165, 1.54) is 18.7 Å². The third-order valence-electron chi connectivity index (χ3n) is 5.09. The molecule has 4 rings (SSSR count). The number of rotatable bonds is 5. The molecular formula is C23H22ClN3O2S2. The summed E-state index contributed by atoms with van der Waals surface area (Å²) in [5.74, 6) is -0.00649. The highest BCUT2D eigenvalue weighted by molar-refractivity contribution is 8.19. The van der Waals surface area contributed by atoms with E-state index in [0.29, 0.717) is 27.2 Å². The van der Waals surface area contributed by atoms with Gasteiger partial charge in [-0.2, -0.15) is 0 Å². The van der Waals surface area contributed by atoms with Gasteiger partial charge >= 0.3 is 0 Å². The Kier molecular flexibility index (Phi) is 6.46. The largest absolute Gasteiger partial charge is 0.337 e. The van der Waals surface area contributed by atoms with Crippen LogP contribution in [0.25, 0.3) is 0 Å². The van der Waals surface area contributed by atoms with Gasteiger partial charge in [0.2, 0.25) is 0 Å². The van der Waals surface area contributed by atoms with E-state index >= 15 is 0 Å². The fraction of sp³-hybridized carbons (Fsp3) is 0.261. The number of aliphatic imine (C=N–C) groups is 1. The molecule has 0 saturated carbocycles. The van der Waals surface area contributed by atoms with Gasteiger partial charge in [-0.1, -0.05) is 36.7 Å². The highest BCUT2D eigenvalue weighted by Crippen LogP contribution is 2.50. The molecule has 1 amide bonds. The molecular weight excluding hydrogens is 450 g/mol. The number of carbonyl (C=O) groups excluding carboxylic acids is 2. The number of hydrogen-bond acceptors (Lipinski definition) is 6. The van der Waals surface area contributed by atoms with E-state index in [9.17, 15) is 9.59 Å². The molecule has 160 valence electrons. The number of thioether (sulfide) groups is 2. The highest BCUT2D eigenvalue weighted by atomic mass is 35.5. The number of carbonyl (C=O) groups is 2. The molecule has 0 aromatic heterocycles. The molecule has 2 aromatic carbocycles. The van der Waals surface area contributed by atoms with Crippen molar-refractivity contribution in [2.24, 2.45) is 4.99 Å². The SMILES string of the molecule is CCCCN1C(=O)C(=C2Sc3ccc(Cl)cc3N2C)SC1=Nc1ccc(C(C)=O)cc1. The lowest BCUT2D eigenvalue weighted by Gasteiger charge is -2.16. The zero-order valence-corrected chi connectivity index (χ0v) is 19.9. The number of benzene rings is 2. The van der Waals surface area contributed by atoms with Crippen LogP contribution in [0.3, 0.4) is 0 Å². The number of ketones is 1. The van der Waals surface area contributed by atoms with Gasteiger partial charge in [0.15, 0.2) is 11.0 Å². The Morgan fingerprint density at radius 2 is 1.87 bits per heavy atom. The normalized spacial score (nSPS) is 19.5. The second-order valence-electron chi connectivity index (χ2n) is 7.32.